The molecule has 1 amide bonds. The Hall–Kier alpha value is -1.63. The van der Waals surface area contributed by atoms with E-state index in [-0.39, 0.29) is 17.5 Å². The lowest BCUT2D eigenvalue weighted by Gasteiger charge is -2.19. The Morgan fingerprint density at radius 2 is 2.26 bits per heavy atom. The molecule has 0 fully saturated rings. The van der Waals surface area contributed by atoms with Crippen LogP contribution in [0.4, 0.5) is 0 Å². The standard InChI is InChI=1S/C12H23N5O2/c1-5-16(3)8-9(2)11(18)13-7-6-10-14-15-12(19)17(10)4/h9H,5-8H2,1-4H3,(H,13,18)(H,15,19). The van der Waals surface area contributed by atoms with Crippen molar-refractivity contribution in [3.63, 3.8) is 0 Å². The van der Waals surface area contributed by atoms with Crippen molar-refractivity contribution in [1.82, 2.24) is 25.0 Å². The number of nitrogens with one attached hydrogen (secondary N) is 2. The summed E-state index contributed by atoms with van der Waals surface area (Å²) in [5.41, 5.74) is -0.237. The summed E-state index contributed by atoms with van der Waals surface area (Å²) in [6.45, 7) is 6.11. The molecule has 108 valence electrons. The molecule has 2 N–H and O–H groups in total. The predicted molar refractivity (Wildman–Crippen MR) is 72.9 cm³/mol. The van der Waals surface area contributed by atoms with Gasteiger partial charge in [-0.15, -0.1) is 0 Å². The highest BCUT2D eigenvalue weighted by Gasteiger charge is 2.14. The topological polar surface area (TPSA) is 83.0 Å². The lowest BCUT2D eigenvalue weighted by atomic mass is 10.1. The molecule has 1 unspecified atom stereocenters. The van der Waals surface area contributed by atoms with Crippen molar-refractivity contribution in [2.45, 2.75) is 20.3 Å². The van der Waals surface area contributed by atoms with E-state index in [1.807, 2.05) is 14.0 Å². The minimum Gasteiger partial charge on any atom is -0.355 e. The normalized spacial score (nSPS) is 12.7. The smallest absolute Gasteiger partial charge is 0.343 e. The fourth-order valence-electron chi connectivity index (χ4n) is 1.75. The molecule has 7 heteroatoms. The second kappa shape index (κ2) is 7.08. The maximum absolute atomic E-state index is 11.8. The average Bonchev–Trinajstić information content (AvgIpc) is 2.70. The van der Waals surface area contributed by atoms with Gasteiger partial charge in [0.25, 0.3) is 0 Å². The number of rotatable bonds is 7. The van der Waals surface area contributed by atoms with Gasteiger partial charge in [-0.2, -0.15) is 5.10 Å². The van der Waals surface area contributed by atoms with Crippen LogP contribution in [0.3, 0.4) is 0 Å². The maximum atomic E-state index is 11.8. The summed E-state index contributed by atoms with van der Waals surface area (Å²) >= 11 is 0. The Labute approximate surface area is 113 Å². The fraction of sp³-hybridized carbons (Fsp3) is 0.750. The summed E-state index contributed by atoms with van der Waals surface area (Å²) in [7, 11) is 3.64. The molecule has 1 aromatic heterocycles. The summed E-state index contributed by atoms with van der Waals surface area (Å²) in [6.07, 6.45) is 0.539. The quantitative estimate of drug-likeness (QED) is 0.689. The zero-order chi connectivity index (χ0) is 14.4. The van der Waals surface area contributed by atoms with Gasteiger partial charge in [-0.1, -0.05) is 13.8 Å². The predicted octanol–water partition coefficient (Wildman–Crippen LogP) is -0.645. The number of aromatic amines is 1. The first-order chi connectivity index (χ1) is 8.95. The lowest BCUT2D eigenvalue weighted by Crippen LogP contribution is -2.37. The molecule has 0 saturated carbocycles. The monoisotopic (exact) mass is 269 g/mol. The van der Waals surface area contributed by atoms with Crippen LogP contribution < -0.4 is 11.0 Å². The first kappa shape index (κ1) is 15.4. The van der Waals surface area contributed by atoms with Crippen molar-refractivity contribution >= 4 is 5.91 Å². The van der Waals surface area contributed by atoms with Crippen molar-refractivity contribution in [3.05, 3.63) is 16.3 Å². The average molecular weight is 269 g/mol. The summed E-state index contributed by atoms with van der Waals surface area (Å²) in [4.78, 5) is 25.1. The molecule has 19 heavy (non-hydrogen) atoms. The number of hydrogen-bond acceptors (Lipinski definition) is 4. The molecule has 1 atom stereocenters. The van der Waals surface area contributed by atoms with E-state index in [2.05, 4.69) is 27.3 Å². The molecule has 0 bridgehead atoms. The van der Waals surface area contributed by atoms with Crippen LogP contribution in [0.25, 0.3) is 0 Å². The Morgan fingerprint density at radius 1 is 1.58 bits per heavy atom. The molecule has 0 aliphatic rings. The summed E-state index contributed by atoms with van der Waals surface area (Å²) in [5.74, 6) is 0.623. The molecule has 1 heterocycles. The van der Waals surface area contributed by atoms with E-state index in [0.29, 0.717) is 18.8 Å². The number of hydrogen-bond donors (Lipinski definition) is 2. The molecular formula is C12H23N5O2. The maximum Gasteiger partial charge on any atom is 0.343 e. The van der Waals surface area contributed by atoms with Gasteiger partial charge >= 0.3 is 5.69 Å². The van der Waals surface area contributed by atoms with E-state index < -0.39 is 0 Å². The highest BCUT2D eigenvalue weighted by molar-refractivity contribution is 5.78. The van der Waals surface area contributed by atoms with Gasteiger partial charge in [-0.3, -0.25) is 9.36 Å². The molecule has 0 spiro atoms. The van der Waals surface area contributed by atoms with E-state index in [9.17, 15) is 9.59 Å². The third kappa shape index (κ3) is 4.51. The van der Waals surface area contributed by atoms with Crippen LogP contribution in [0, 0.1) is 5.92 Å². The first-order valence-corrected chi connectivity index (χ1v) is 6.52. The van der Waals surface area contributed by atoms with E-state index >= 15 is 0 Å². The van der Waals surface area contributed by atoms with Gasteiger partial charge < -0.3 is 10.2 Å². The molecule has 7 nitrogen and oxygen atoms in total. The minimum absolute atomic E-state index is 0.0286. The largest absolute Gasteiger partial charge is 0.355 e. The Balaban J connectivity index is 2.34. The van der Waals surface area contributed by atoms with Crippen molar-refractivity contribution < 1.29 is 4.79 Å². The van der Waals surface area contributed by atoms with Gasteiger partial charge in [-0.05, 0) is 13.6 Å². The number of amides is 1. The summed E-state index contributed by atoms with van der Waals surface area (Å²) in [6, 6.07) is 0. The summed E-state index contributed by atoms with van der Waals surface area (Å²) in [5, 5.41) is 9.12. The van der Waals surface area contributed by atoms with Gasteiger partial charge in [0.1, 0.15) is 5.82 Å². The third-order valence-corrected chi connectivity index (χ3v) is 3.19. The molecule has 1 rings (SSSR count). The van der Waals surface area contributed by atoms with Crippen LogP contribution in [0.2, 0.25) is 0 Å². The van der Waals surface area contributed by atoms with E-state index in [1.165, 1.54) is 4.57 Å². The zero-order valence-electron chi connectivity index (χ0n) is 12.1. The number of nitrogens with zero attached hydrogens (tertiary/aromatic N) is 3. The van der Waals surface area contributed by atoms with Crippen LogP contribution in [-0.2, 0) is 18.3 Å². The van der Waals surface area contributed by atoms with Gasteiger partial charge in [0.2, 0.25) is 5.91 Å². The van der Waals surface area contributed by atoms with E-state index in [1.54, 1.807) is 7.05 Å². The molecule has 0 aliphatic carbocycles. The van der Waals surface area contributed by atoms with Gasteiger partial charge in [-0.25, -0.2) is 9.89 Å². The highest BCUT2D eigenvalue weighted by atomic mass is 16.2. The van der Waals surface area contributed by atoms with Gasteiger partial charge in [0, 0.05) is 32.5 Å². The molecule has 0 aromatic carbocycles. The van der Waals surface area contributed by atoms with Crippen molar-refractivity contribution in [2.75, 3.05) is 26.7 Å². The number of carbonyl (C=O) groups excluding carboxylic acids is 1. The van der Waals surface area contributed by atoms with Crippen LogP contribution in [0.15, 0.2) is 4.79 Å². The SMILES string of the molecule is CCN(C)CC(C)C(=O)NCCc1n[nH]c(=O)n1C. The number of aromatic nitrogens is 3. The lowest BCUT2D eigenvalue weighted by molar-refractivity contribution is -0.124. The number of carbonyl (C=O) groups is 1. The fourth-order valence-corrected chi connectivity index (χ4v) is 1.75. The molecular weight excluding hydrogens is 246 g/mol. The molecule has 0 radical (unpaired) electrons. The first-order valence-electron chi connectivity index (χ1n) is 6.52. The minimum atomic E-state index is -0.237. The van der Waals surface area contributed by atoms with Crippen LogP contribution >= 0.6 is 0 Å². The van der Waals surface area contributed by atoms with Gasteiger partial charge in [0.05, 0.1) is 0 Å². The second-order valence-electron chi connectivity index (χ2n) is 4.80. The summed E-state index contributed by atoms with van der Waals surface area (Å²) < 4.78 is 1.44. The molecule has 1 aromatic rings. The van der Waals surface area contributed by atoms with E-state index in [0.717, 1.165) is 13.1 Å². The Morgan fingerprint density at radius 3 is 2.79 bits per heavy atom. The van der Waals surface area contributed by atoms with Gasteiger partial charge in [0.15, 0.2) is 0 Å². The zero-order valence-corrected chi connectivity index (χ0v) is 12.1. The third-order valence-electron chi connectivity index (χ3n) is 3.19. The molecule has 0 saturated heterocycles. The Bertz CT molecular complexity index is 465. The highest BCUT2D eigenvalue weighted by Crippen LogP contribution is 1.98. The second-order valence-corrected chi connectivity index (χ2v) is 4.80. The van der Waals surface area contributed by atoms with Crippen LogP contribution in [0.1, 0.15) is 19.7 Å². The van der Waals surface area contributed by atoms with Crippen molar-refractivity contribution in [3.8, 4) is 0 Å². The van der Waals surface area contributed by atoms with E-state index in [4.69, 9.17) is 0 Å². The number of H-pyrrole nitrogens is 1. The van der Waals surface area contributed by atoms with Crippen molar-refractivity contribution in [1.29, 1.82) is 0 Å². The molecule has 0 aliphatic heterocycles. The van der Waals surface area contributed by atoms with Crippen LogP contribution in [-0.4, -0.2) is 52.3 Å². The van der Waals surface area contributed by atoms with Crippen LogP contribution in [0.5, 0.6) is 0 Å². The Kier molecular flexibility index (Phi) is 5.75. The van der Waals surface area contributed by atoms with Crippen molar-refractivity contribution in [2.24, 2.45) is 13.0 Å².